The highest BCUT2D eigenvalue weighted by molar-refractivity contribution is 5.94. The summed E-state index contributed by atoms with van der Waals surface area (Å²) < 4.78 is 0. The van der Waals surface area contributed by atoms with Crippen LogP contribution in [-0.4, -0.2) is 5.78 Å². The topological polar surface area (TPSA) is 17.1 Å². The highest BCUT2D eigenvalue weighted by atomic mass is 16.1. The summed E-state index contributed by atoms with van der Waals surface area (Å²) in [7, 11) is 0. The molecule has 0 spiro atoms. The summed E-state index contributed by atoms with van der Waals surface area (Å²) in [6, 6.07) is 0. The smallest absolute Gasteiger partial charge is 0.159 e. The van der Waals surface area contributed by atoms with Gasteiger partial charge in [0.1, 0.15) is 0 Å². The fourth-order valence-electron chi connectivity index (χ4n) is 10.1. The Morgan fingerprint density at radius 1 is 1.00 bits per heavy atom. The maximum Gasteiger partial charge on any atom is 0.159 e. The number of allylic oxidation sites excluding steroid dienone is 2. The molecular formula is C33H56O. The largest absolute Gasteiger partial charge is 0.295 e. The molecule has 4 aliphatic rings. The quantitative estimate of drug-likeness (QED) is 0.401. The van der Waals surface area contributed by atoms with E-state index in [1.54, 1.807) is 5.57 Å². The van der Waals surface area contributed by atoms with Crippen LogP contribution < -0.4 is 0 Å². The van der Waals surface area contributed by atoms with Gasteiger partial charge in [0.2, 0.25) is 0 Å². The number of fused-ring (bicyclic) bond motifs is 5. The highest BCUT2D eigenvalue weighted by Gasteiger charge is 2.66. The second kappa shape index (κ2) is 8.48. The molecule has 34 heavy (non-hydrogen) atoms. The number of carbonyl (C=O) groups is 1. The standard InChI is InChI=1S/C33H56O/c1-20(12-14-30(6,7)8)24(5)25-13-15-32(10)27-17-28(34)26-16-21(2)22(3)18-31(26,9)29(27)23(4)19-33(25,32)11/h17,20-26,29H,12-16,18-19H2,1-11H3/t20-,21-,22+,23-,24-,25-,26+,29?,31+,32+,33-/m1/s1. The minimum atomic E-state index is 0.153. The van der Waals surface area contributed by atoms with E-state index in [1.807, 2.05) is 0 Å². The lowest BCUT2D eigenvalue weighted by atomic mass is 9.40. The van der Waals surface area contributed by atoms with Crippen molar-refractivity contribution in [2.45, 2.75) is 121 Å². The van der Waals surface area contributed by atoms with Gasteiger partial charge in [0.25, 0.3) is 0 Å². The van der Waals surface area contributed by atoms with E-state index < -0.39 is 0 Å². The Labute approximate surface area is 212 Å². The van der Waals surface area contributed by atoms with Crippen LogP contribution in [0, 0.1) is 69.0 Å². The van der Waals surface area contributed by atoms with E-state index in [9.17, 15) is 4.79 Å². The maximum absolute atomic E-state index is 13.7. The van der Waals surface area contributed by atoms with Gasteiger partial charge in [0.15, 0.2) is 5.78 Å². The molecule has 194 valence electrons. The average Bonchev–Trinajstić information content (AvgIpc) is 2.98. The van der Waals surface area contributed by atoms with E-state index in [-0.39, 0.29) is 16.7 Å². The van der Waals surface area contributed by atoms with Crippen molar-refractivity contribution in [3.8, 4) is 0 Å². The molecule has 3 saturated carbocycles. The molecule has 0 bridgehead atoms. The lowest BCUT2D eigenvalue weighted by Crippen LogP contribution is -2.58. The van der Waals surface area contributed by atoms with E-state index >= 15 is 0 Å². The third kappa shape index (κ3) is 3.89. The first kappa shape index (κ1) is 26.5. The van der Waals surface area contributed by atoms with Gasteiger partial charge in [0.05, 0.1) is 0 Å². The molecule has 0 aromatic heterocycles. The zero-order valence-electron chi connectivity index (χ0n) is 24.6. The van der Waals surface area contributed by atoms with Crippen molar-refractivity contribution in [3.63, 3.8) is 0 Å². The predicted molar refractivity (Wildman–Crippen MR) is 145 cm³/mol. The first-order valence-electron chi connectivity index (χ1n) is 14.8. The molecule has 0 aromatic carbocycles. The summed E-state index contributed by atoms with van der Waals surface area (Å²) >= 11 is 0. The molecule has 0 aromatic rings. The van der Waals surface area contributed by atoms with Crippen molar-refractivity contribution in [3.05, 3.63) is 11.6 Å². The Morgan fingerprint density at radius 2 is 1.65 bits per heavy atom. The SMILES string of the molecule is C[C@H]([C@H](C)CCC(C)(C)C)[C@H]1CC[C@@]2(C)C3=CC(=O)[C@@H]4C[C@@H](C)[C@@H](C)C[C@]4(C)C3[C@H](C)C[C@]12C. The maximum atomic E-state index is 13.7. The molecule has 0 radical (unpaired) electrons. The second-order valence-corrected chi connectivity index (χ2v) is 15.9. The summed E-state index contributed by atoms with van der Waals surface area (Å²) in [4.78, 5) is 13.7. The fourth-order valence-corrected chi connectivity index (χ4v) is 10.1. The number of carbonyl (C=O) groups excluding carboxylic acids is 1. The second-order valence-electron chi connectivity index (χ2n) is 15.9. The molecule has 1 heteroatoms. The molecule has 4 rings (SSSR count). The van der Waals surface area contributed by atoms with Gasteiger partial charge >= 0.3 is 0 Å². The molecule has 1 unspecified atom stereocenters. The molecule has 0 N–H and O–H groups in total. The Balaban J connectivity index is 1.67. The fraction of sp³-hybridized carbons (Fsp3) is 0.909. The first-order chi connectivity index (χ1) is 15.5. The van der Waals surface area contributed by atoms with E-state index in [0.717, 1.165) is 30.1 Å². The highest BCUT2D eigenvalue weighted by Crippen LogP contribution is 2.73. The predicted octanol–water partition coefficient (Wildman–Crippen LogP) is 9.36. The zero-order chi connectivity index (χ0) is 25.4. The average molecular weight is 469 g/mol. The van der Waals surface area contributed by atoms with Crippen LogP contribution >= 0.6 is 0 Å². The van der Waals surface area contributed by atoms with Gasteiger partial charge in [-0.15, -0.1) is 0 Å². The van der Waals surface area contributed by atoms with E-state index in [4.69, 9.17) is 0 Å². The number of rotatable bonds is 4. The van der Waals surface area contributed by atoms with Crippen molar-refractivity contribution in [2.75, 3.05) is 0 Å². The van der Waals surface area contributed by atoms with Gasteiger partial charge < -0.3 is 0 Å². The summed E-state index contributed by atoms with van der Waals surface area (Å²) in [5, 5.41) is 0. The molecule has 11 atom stereocenters. The van der Waals surface area contributed by atoms with Crippen LogP contribution in [0.15, 0.2) is 11.6 Å². The molecule has 1 nitrogen and oxygen atoms in total. The van der Waals surface area contributed by atoms with Crippen LogP contribution in [0.1, 0.15) is 121 Å². The van der Waals surface area contributed by atoms with E-state index in [1.165, 1.54) is 38.5 Å². The third-order valence-electron chi connectivity index (χ3n) is 12.7. The minimum Gasteiger partial charge on any atom is -0.295 e. The molecule has 0 amide bonds. The van der Waals surface area contributed by atoms with Crippen LogP contribution in [0.4, 0.5) is 0 Å². The molecule has 0 heterocycles. The number of ketones is 1. The first-order valence-corrected chi connectivity index (χ1v) is 14.8. The van der Waals surface area contributed by atoms with Crippen LogP contribution in [0.2, 0.25) is 0 Å². The van der Waals surface area contributed by atoms with Gasteiger partial charge in [-0.25, -0.2) is 0 Å². The van der Waals surface area contributed by atoms with Crippen molar-refractivity contribution in [2.24, 2.45) is 69.0 Å². The monoisotopic (exact) mass is 468 g/mol. The lowest BCUT2D eigenvalue weighted by Gasteiger charge is -2.64. The van der Waals surface area contributed by atoms with Crippen LogP contribution in [-0.2, 0) is 4.79 Å². The lowest BCUT2D eigenvalue weighted by molar-refractivity contribution is -0.137. The normalized spacial score (nSPS) is 48.4. The van der Waals surface area contributed by atoms with Crippen LogP contribution in [0.3, 0.4) is 0 Å². The van der Waals surface area contributed by atoms with Gasteiger partial charge in [-0.05, 0) is 114 Å². The zero-order valence-corrected chi connectivity index (χ0v) is 24.6. The van der Waals surface area contributed by atoms with E-state index in [2.05, 4.69) is 82.2 Å². The molecular weight excluding hydrogens is 412 g/mol. The summed E-state index contributed by atoms with van der Waals surface area (Å²) in [5.74, 6) is 5.65. The molecule has 3 fully saturated rings. The third-order valence-corrected chi connectivity index (χ3v) is 12.7. The van der Waals surface area contributed by atoms with E-state index in [0.29, 0.717) is 34.4 Å². The molecule has 0 aliphatic heterocycles. The van der Waals surface area contributed by atoms with Crippen molar-refractivity contribution < 1.29 is 4.79 Å². The van der Waals surface area contributed by atoms with Gasteiger partial charge in [-0.3, -0.25) is 4.79 Å². The summed E-state index contributed by atoms with van der Waals surface area (Å²) in [5.41, 5.74) is 2.64. The summed E-state index contributed by atoms with van der Waals surface area (Å²) in [6.45, 7) is 27.3. The van der Waals surface area contributed by atoms with Crippen molar-refractivity contribution in [1.82, 2.24) is 0 Å². The summed E-state index contributed by atoms with van der Waals surface area (Å²) in [6.07, 6.45) is 11.2. The van der Waals surface area contributed by atoms with Crippen molar-refractivity contribution >= 4 is 5.78 Å². The minimum absolute atomic E-state index is 0.153. The van der Waals surface area contributed by atoms with Gasteiger partial charge in [-0.2, -0.15) is 0 Å². The molecule has 4 aliphatic carbocycles. The van der Waals surface area contributed by atoms with Crippen LogP contribution in [0.5, 0.6) is 0 Å². The molecule has 0 saturated heterocycles. The Kier molecular flexibility index (Phi) is 6.60. The Bertz CT molecular complexity index is 830. The van der Waals surface area contributed by atoms with Gasteiger partial charge in [-0.1, -0.05) is 81.7 Å². The Hall–Kier alpha value is -0.590. The Morgan fingerprint density at radius 3 is 2.26 bits per heavy atom. The van der Waals surface area contributed by atoms with Crippen LogP contribution in [0.25, 0.3) is 0 Å². The van der Waals surface area contributed by atoms with Crippen molar-refractivity contribution in [1.29, 1.82) is 0 Å². The van der Waals surface area contributed by atoms with Gasteiger partial charge in [0, 0.05) is 5.92 Å². The number of hydrogen-bond acceptors (Lipinski definition) is 1. The number of hydrogen-bond donors (Lipinski definition) is 0.